The monoisotopic (exact) mass is 272 g/mol. The van der Waals surface area contributed by atoms with Crippen LogP contribution in [0.4, 0.5) is 14.5 Å². The second-order valence-electron chi connectivity index (χ2n) is 4.39. The number of benzene rings is 1. The van der Waals surface area contributed by atoms with E-state index in [1.165, 1.54) is 12.1 Å². The van der Waals surface area contributed by atoms with Gasteiger partial charge in [0.05, 0.1) is 13.2 Å². The summed E-state index contributed by atoms with van der Waals surface area (Å²) in [4.78, 5) is 2.22. The van der Waals surface area contributed by atoms with Crippen LogP contribution in [-0.2, 0) is 4.74 Å². The van der Waals surface area contributed by atoms with Crippen molar-refractivity contribution in [3.8, 4) is 5.75 Å². The van der Waals surface area contributed by atoms with Crippen LogP contribution < -0.4 is 10.5 Å². The Morgan fingerprint density at radius 3 is 2.74 bits per heavy atom. The first-order valence-corrected chi connectivity index (χ1v) is 6.27. The number of halogens is 2. The smallest absolute Gasteiger partial charge is 0.265 e. The Labute approximate surface area is 111 Å². The van der Waals surface area contributed by atoms with E-state index in [4.69, 9.17) is 15.2 Å². The molecule has 0 bridgehead atoms. The highest BCUT2D eigenvalue weighted by Gasteiger charge is 2.13. The van der Waals surface area contributed by atoms with Crippen molar-refractivity contribution in [3.63, 3.8) is 0 Å². The number of hydrogen-bond donors (Lipinski definition) is 1. The lowest BCUT2D eigenvalue weighted by atomic mass is 10.2. The number of anilines is 1. The van der Waals surface area contributed by atoms with Gasteiger partial charge in [0.2, 0.25) is 0 Å². The first-order chi connectivity index (χ1) is 9.16. The van der Waals surface area contributed by atoms with Crippen molar-refractivity contribution in [2.45, 2.75) is 6.43 Å². The molecule has 2 N–H and O–H groups in total. The molecular weight excluding hydrogens is 254 g/mol. The Morgan fingerprint density at radius 1 is 1.32 bits per heavy atom. The van der Waals surface area contributed by atoms with E-state index in [-0.39, 0.29) is 11.3 Å². The van der Waals surface area contributed by atoms with Crippen LogP contribution in [0.5, 0.6) is 5.75 Å². The summed E-state index contributed by atoms with van der Waals surface area (Å²) in [6.07, 6.45) is -2.58. The van der Waals surface area contributed by atoms with Crippen molar-refractivity contribution in [1.82, 2.24) is 4.90 Å². The predicted molar refractivity (Wildman–Crippen MR) is 68.6 cm³/mol. The van der Waals surface area contributed by atoms with Gasteiger partial charge in [-0.25, -0.2) is 8.78 Å². The van der Waals surface area contributed by atoms with E-state index in [1.807, 2.05) is 0 Å². The number of nitrogens with two attached hydrogens (primary N) is 1. The zero-order chi connectivity index (χ0) is 13.7. The van der Waals surface area contributed by atoms with Crippen molar-refractivity contribution in [1.29, 1.82) is 0 Å². The van der Waals surface area contributed by atoms with E-state index >= 15 is 0 Å². The Bertz CT molecular complexity index is 410. The SMILES string of the molecule is Nc1ccc(OCCN2CCOCC2)cc1C(F)F. The summed E-state index contributed by atoms with van der Waals surface area (Å²) in [5, 5.41) is 0. The maximum absolute atomic E-state index is 12.7. The molecule has 6 heteroatoms. The van der Waals surface area contributed by atoms with Crippen molar-refractivity contribution in [3.05, 3.63) is 23.8 Å². The summed E-state index contributed by atoms with van der Waals surface area (Å²) >= 11 is 0. The highest BCUT2D eigenvalue weighted by atomic mass is 19.3. The lowest BCUT2D eigenvalue weighted by Crippen LogP contribution is -2.38. The molecule has 1 aromatic rings. The lowest BCUT2D eigenvalue weighted by Gasteiger charge is -2.26. The zero-order valence-electron chi connectivity index (χ0n) is 10.6. The molecular formula is C13H18F2N2O2. The fraction of sp³-hybridized carbons (Fsp3) is 0.538. The molecule has 0 aromatic heterocycles. The van der Waals surface area contributed by atoms with Gasteiger partial charge in [-0.1, -0.05) is 0 Å². The van der Waals surface area contributed by atoms with Crippen LogP contribution >= 0.6 is 0 Å². The normalized spacial score (nSPS) is 16.8. The Kier molecular flexibility index (Phi) is 4.93. The molecule has 0 amide bonds. The number of hydrogen-bond acceptors (Lipinski definition) is 4. The average Bonchev–Trinajstić information content (AvgIpc) is 2.41. The third kappa shape index (κ3) is 4.04. The summed E-state index contributed by atoms with van der Waals surface area (Å²) < 4.78 is 36.0. The molecule has 106 valence electrons. The highest BCUT2D eigenvalue weighted by molar-refractivity contribution is 5.51. The molecule has 19 heavy (non-hydrogen) atoms. The minimum atomic E-state index is -2.58. The Balaban J connectivity index is 1.83. The summed E-state index contributed by atoms with van der Waals surface area (Å²) in [5.41, 5.74) is 5.39. The van der Waals surface area contributed by atoms with Gasteiger partial charge in [-0.2, -0.15) is 0 Å². The molecule has 0 unspecified atom stereocenters. The Morgan fingerprint density at radius 2 is 2.05 bits per heavy atom. The van der Waals surface area contributed by atoms with Crippen LogP contribution in [0.1, 0.15) is 12.0 Å². The first kappa shape index (κ1) is 14.0. The highest BCUT2D eigenvalue weighted by Crippen LogP contribution is 2.28. The van der Waals surface area contributed by atoms with Crippen molar-refractivity contribution in [2.24, 2.45) is 0 Å². The zero-order valence-corrected chi connectivity index (χ0v) is 10.6. The van der Waals surface area contributed by atoms with Gasteiger partial charge in [0, 0.05) is 30.9 Å². The third-order valence-corrected chi connectivity index (χ3v) is 3.07. The van der Waals surface area contributed by atoms with Crippen LogP contribution in [0, 0.1) is 0 Å². The predicted octanol–water partition coefficient (Wildman–Crippen LogP) is 1.92. The lowest BCUT2D eigenvalue weighted by molar-refractivity contribution is 0.0322. The van der Waals surface area contributed by atoms with Gasteiger partial charge in [0.15, 0.2) is 0 Å². The van der Waals surface area contributed by atoms with Gasteiger partial charge in [-0.3, -0.25) is 4.90 Å². The Hall–Kier alpha value is -1.40. The van der Waals surface area contributed by atoms with Gasteiger partial charge in [0.25, 0.3) is 6.43 Å². The van der Waals surface area contributed by atoms with Gasteiger partial charge < -0.3 is 15.2 Å². The van der Waals surface area contributed by atoms with Crippen LogP contribution in [0.2, 0.25) is 0 Å². The summed E-state index contributed by atoms with van der Waals surface area (Å²) in [6, 6.07) is 4.37. The van der Waals surface area contributed by atoms with E-state index in [9.17, 15) is 8.78 Å². The molecule has 1 aromatic carbocycles. The second kappa shape index (κ2) is 6.68. The van der Waals surface area contributed by atoms with E-state index in [0.717, 1.165) is 32.8 Å². The average molecular weight is 272 g/mol. The minimum absolute atomic E-state index is 0.0931. The van der Waals surface area contributed by atoms with Gasteiger partial charge >= 0.3 is 0 Å². The van der Waals surface area contributed by atoms with Crippen molar-refractivity contribution in [2.75, 3.05) is 45.2 Å². The number of morpholine rings is 1. The molecule has 1 heterocycles. The molecule has 0 aliphatic carbocycles. The number of nitrogens with zero attached hydrogens (tertiary/aromatic N) is 1. The molecule has 1 saturated heterocycles. The minimum Gasteiger partial charge on any atom is -0.492 e. The number of rotatable bonds is 5. The summed E-state index contributed by atoms with van der Waals surface area (Å²) in [7, 11) is 0. The molecule has 0 atom stereocenters. The molecule has 2 rings (SSSR count). The van der Waals surface area contributed by atoms with E-state index in [1.54, 1.807) is 6.07 Å². The van der Waals surface area contributed by atoms with E-state index in [2.05, 4.69) is 4.90 Å². The quantitative estimate of drug-likeness (QED) is 0.832. The number of nitrogen functional groups attached to an aromatic ring is 1. The largest absolute Gasteiger partial charge is 0.492 e. The topological polar surface area (TPSA) is 47.7 Å². The summed E-state index contributed by atoms with van der Waals surface area (Å²) in [5.74, 6) is 0.428. The summed E-state index contributed by atoms with van der Waals surface area (Å²) in [6.45, 7) is 4.46. The molecule has 0 spiro atoms. The van der Waals surface area contributed by atoms with E-state index in [0.29, 0.717) is 12.4 Å². The molecule has 0 radical (unpaired) electrons. The molecule has 0 saturated carbocycles. The van der Waals surface area contributed by atoms with Crippen LogP contribution in [0.25, 0.3) is 0 Å². The van der Waals surface area contributed by atoms with Crippen LogP contribution in [0.15, 0.2) is 18.2 Å². The standard InChI is InChI=1S/C13H18F2N2O2/c14-13(15)11-9-10(1-2-12(11)16)19-8-5-17-3-6-18-7-4-17/h1-2,9,13H,3-8,16H2. The third-order valence-electron chi connectivity index (χ3n) is 3.07. The van der Waals surface area contributed by atoms with E-state index < -0.39 is 6.43 Å². The molecule has 1 aliphatic heterocycles. The second-order valence-corrected chi connectivity index (χ2v) is 4.39. The van der Waals surface area contributed by atoms with Crippen LogP contribution in [0.3, 0.4) is 0 Å². The molecule has 4 nitrogen and oxygen atoms in total. The maximum atomic E-state index is 12.7. The fourth-order valence-electron chi connectivity index (χ4n) is 1.95. The van der Waals surface area contributed by atoms with Gasteiger partial charge in [-0.05, 0) is 18.2 Å². The first-order valence-electron chi connectivity index (χ1n) is 6.27. The van der Waals surface area contributed by atoms with Crippen LogP contribution in [-0.4, -0.2) is 44.4 Å². The molecule has 1 fully saturated rings. The van der Waals surface area contributed by atoms with Crippen molar-refractivity contribution < 1.29 is 18.3 Å². The fourth-order valence-corrected chi connectivity index (χ4v) is 1.95. The van der Waals surface area contributed by atoms with Gasteiger partial charge in [0.1, 0.15) is 12.4 Å². The number of ether oxygens (including phenoxy) is 2. The van der Waals surface area contributed by atoms with Crippen molar-refractivity contribution >= 4 is 5.69 Å². The molecule has 1 aliphatic rings. The number of alkyl halides is 2. The van der Waals surface area contributed by atoms with Gasteiger partial charge in [-0.15, -0.1) is 0 Å². The maximum Gasteiger partial charge on any atom is 0.265 e.